The van der Waals surface area contributed by atoms with E-state index in [0.29, 0.717) is 13.0 Å². The van der Waals surface area contributed by atoms with Crippen LogP contribution in [0.4, 0.5) is 0 Å². The minimum absolute atomic E-state index is 0.315. The molecule has 2 rings (SSSR count). The Morgan fingerprint density at radius 1 is 1.25 bits per heavy atom. The molecule has 1 aromatic carbocycles. The van der Waals surface area contributed by atoms with E-state index >= 15 is 0 Å². The lowest BCUT2D eigenvalue weighted by Crippen LogP contribution is -2.45. The van der Waals surface area contributed by atoms with Gasteiger partial charge in [0, 0.05) is 19.4 Å². The molecule has 1 N–H and O–H groups in total. The van der Waals surface area contributed by atoms with Crippen LogP contribution in [0.2, 0.25) is 0 Å². The van der Waals surface area contributed by atoms with Gasteiger partial charge in [0.1, 0.15) is 11.6 Å². The lowest BCUT2D eigenvalue weighted by atomic mass is 10.0. The highest BCUT2D eigenvalue weighted by Gasteiger charge is 2.48. The minimum Gasteiger partial charge on any atom is -0.466 e. The number of nitrogens with one attached hydrogen (secondary N) is 1. The molecule has 7 nitrogen and oxygen atoms in total. The van der Waals surface area contributed by atoms with Gasteiger partial charge in [0.05, 0.1) is 13.7 Å². The zero-order valence-corrected chi connectivity index (χ0v) is 16.2. The molecule has 0 bridgehead atoms. The topological polar surface area (TPSA) is 94.2 Å². The molecule has 0 saturated carbocycles. The summed E-state index contributed by atoms with van der Waals surface area (Å²) in [4.78, 5) is 35.4. The maximum Gasteiger partial charge on any atom is 0.330 e. The number of carbonyl (C=O) groups is 3. The number of hydrogen-bond donors (Lipinski definition) is 1. The standard InChI is InChI=1S/C21H25NO6/c1-15(23)22-17(13-16-9-5-4-6-10-16)20(25)28-18(21(2)14-27-21)11-7-8-12-19(24)26-3/h4-12,17-18H,13-14H2,1-3H3,(H,22,23)/b11-7+,12-8+/t17-,18-,21+/m1/s1. The molecule has 3 atom stereocenters. The van der Waals surface area contributed by atoms with Gasteiger partial charge in [0.15, 0.2) is 6.10 Å². The normalized spacial score (nSPS) is 20.5. The number of benzene rings is 1. The van der Waals surface area contributed by atoms with Gasteiger partial charge in [-0.1, -0.05) is 42.5 Å². The number of amides is 1. The summed E-state index contributed by atoms with van der Waals surface area (Å²) in [7, 11) is 1.29. The number of esters is 2. The summed E-state index contributed by atoms with van der Waals surface area (Å²) < 4.78 is 15.6. The van der Waals surface area contributed by atoms with Crippen LogP contribution in [0.1, 0.15) is 19.4 Å². The molecule has 1 heterocycles. The third-order valence-electron chi connectivity index (χ3n) is 4.22. The van der Waals surface area contributed by atoms with Crippen molar-refractivity contribution in [1.29, 1.82) is 0 Å². The first-order valence-corrected chi connectivity index (χ1v) is 8.92. The Morgan fingerprint density at radius 3 is 2.50 bits per heavy atom. The Balaban J connectivity index is 2.08. The maximum atomic E-state index is 12.7. The first-order chi connectivity index (χ1) is 13.3. The summed E-state index contributed by atoms with van der Waals surface area (Å²) in [6.07, 6.45) is 5.63. The van der Waals surface area contributed by atoms with Crippen LogP contribution in [0.15, 0.2) is 54.6 Å². The lowest BCUT2D eigenvalue weighted by Gasteiger charge is -2.22. The van der Waals surface area contributed by atoms with E-state index in [0.717, 1.165) is 5.56 Å². The smallest absolute Gasteiger partial charge is 0.330 e. The van der Waals surface area contributed by atoms with Gasteiger partial charge in [-0.15, -0.1) is 0 Å². The van der Waals surface area contributed by atoms with Gasteiger partial charge in [0.25, 0.3) is 0 Å². The molecule has 0 aromatic heterocycles. The average molecular weight is 387 g/mol. The van der Waals surface area contributed by atoms with Gasteiger partial charge < -0.3 is 19.5 Å². The van der Waals surface area contributed by atoms with Crippen LogP contribution >= 0.6 is 0 Å². The number of rotatable bonds is 9. The van der Waals surface area contributed by atoms with Gasteiger partial charge in [0.2, 0.25) is 5.91 Å². The Hall–Kier alpha value is -2.93. The van der Waals surface area contributed by atoms with Crippen molar-refractivity contribution in [3.63, 3.8) is 0 Å². The van der Waals surface area contributed by atoms with E-state index in [4.69, 9.17) is 9.47 Å². The molecule has 0 unspecified atom stereocenters. The second-order valence-electron chi connectivity index (χ2n) is 6.67. The van der Waals surface area contributed by atoms with Crippen LogP contribution < -0.4 is 5.32 Å². The van der Waals surface area contributed by atoms with Crippen LogP contribution in [0, 0.1) is 0 Å². The molecule has 0 spiro atoms. The van der Waals surface area contributed by atoms with Gasteiger partial charge in [-0.25, -0.2) is 9.59 Å². The second kappa shape index (κ2) is 9.85. The molecule has 1 aromatic rings. The van der Waals surface area contributed by atoms with Gasteiger partial charge in [-0.05, 0) is 18.6 Å². The number of methoxy groups -OCH3 is 1. The van der Waals surface area contributed by atoms with Crippen molar-refractivity contribution in [1.82, 2.24) is 5.32 Å². The fraction of sp³-hybridized carbons (Fsp3) is 0.381. The maximum absolute atomic E-state index is 12.7. The zero-order valence-electron chi connectivity index (χ0n) is 16.2. The Kier molecular flexibility index (Phi) is 7.52. The van der Waals surface area contributed by atoms with E-state index in [1.165, 1.54) is 26.2 Å². The summed E-state index contributed by atoms with van der Waals surface area (Å²) in [6, 6.07) is 8.55. The molecule has 1 amide bonds. The van der Waals surface area contributed by atoms with Crippen molar-refractivity contribution in [2.24, 2.45) is 0 Å². The first kappa shape index (κ1) is 21.4. The highest BCUT2D eigenvalue weighted by molar-refractivity contribution is 5.84. The van der Waals surface area contributed by atoms with E-state index in [-0.39, 0.29) is 5.91 Å². The molecule has 150 valence electrons. The monoisotopic (exact) mass is 387 g/mol. The van der Waals surface area contributed by atoms with Crippen molar-refractivity contribution in [2.75, 3.05) is 13.7 Å². The molecule has 1 aliphatic heterocycles. The van der Waals surface area contributed by atoms with Crippen molar-refractivity contribution in [2.45, 2.75) is 38.0 Å². The molecular weight excluding hydrogens is 362 g/mol. The number of ether oxygens (including phenoxy) is 3. The molecule has 0 radical (unpaired) electrons. The van der Waals surface area contributed by atoms with Gasteiger partial charge >= 0.3 is 11.9 Å². The minimum atomic E-state index is -0.816. The average Bonchev–Trinajstić information content (AvgIpc) is 3.42. The van der Waals surface area contributed by atoms with Crippen molar-refractivity contribution in [3.8, 4) is 0 Å². The summed E-state index contributed by atoms with van der Waals surface area (Å²) in [5.74, 6) is -1.36. The highest BCUT2D eigenvalue weighted by Crippen LogP contribution is 2.33. The number of epoxide rings is 1. The Labute approximate surface area is 164 Å². The number of allylic oxidation sites excluding steroid dienone is 2. The molecule has 0 aliphatic carbocycles. The number of hydrogen-bond acceptors (Lipinski definition) is 6. The van der Waals surface area contributed by atoms with Crippen molar-refractivity contribution >= 4 is 17.8 Å². The van der Waals surface area contributed by atoms with Crippen molar-refractivity contribution < 1.29 is 28.6 Å². The second-order valence-corrected chi connectivity index (χ2v) is 6.67. The summed E-state index contributed by atoms with van der Waals surface area (Å²) in [5.41, 5.74) is 0.277. The third kappa shape index (κ3) is 6.66. The quantitative estimate of drug-likeness (QED) is 0.300. The lowest BCUT2D eigenvalue weighted by molar-refractivity contribution is -0.153. The molecule has 1 aliphatic rings. The first-order valence-electron chi connectivity index (χ1n) is 8.92. The summed E-state index contributed by atoms with van der Waals surface area (Å²) in [6.45, 7) is 3.62. The van der Waals surface area contributed by atoms with Crippen molar-refractivity contribution in [3.05, 3.63) is 60.2 Å². The fourth-order valence-corrected chi connectivity index (χ4v) is 2.51. The van der Waals surface area contributed by atoms with E-state index in [9.17, 15) is 14.4 Å². The van der Waals surface area contributed by atoms with E-state index in [1.807, 2.05) is 37.3 Å². The van der Waals surface area contributed by atoms with E-state index in [2.05, 4.69) is 10.1 Å². The van der Waals surface area contributed by atoms with Crippen LogP contribution in [0.3, 0.4) is 0 Å². The highest BCUT2D eigenvalue weighted by atomic mass is 16.6. The third-order valence-corrected chi connectivity index (χ3v) is 4.22. The molecular formula is C21H25NO6. The molecule has 28 heavy (non-hydrogen) atoms. The Bertz CT molecular complexity index is 751. The molecule has 7 heteroatoms. The van der Waals surface area contributed by atoms with Crippen LogP contribution in [-0.4, -0.2) is 49.3 Å². The zero-order chi connectivity index (χ0) is 20.6. The largest absolute Gasteiger partial charge is 0.466 e. The SMILES string of the molecule is COC(=O)/C=C/C=C/[C@@H](OC(=O)[C@@H](Cc1ccccc1)NC(C)=O)[C@]1(C)CO1. The predicted octanol–water partition coefficient (Wildman–Crippen LogP) is 1.72. The van der Waals surface area contributed by atoms with Crippen LogP contribution in [-0.2, 0) is 35.0 Å². The Morgan fingerprint density at radius 2 is 1.93 bits per heavy atom. The summed E-state index contributed by atoms with van der Waals surface area (Å²) in [5, 5.41) is 2.64. The van der Waals surface area contributed by atoms with Crippen LogP contribution in [0.5, 0.6) is 0 Å². The predicted molar refractivity (Wildman–Crippen MR) is 102 cm³/mol. The van der Waals surface area contributed by atoms with Gasteiger partial charge in [-0.2, -0.15) is 0 Å². The van der Waals surface area contributed by atoms with E-state index in [1.54, 1.807) is 12.2 Å². The van der Waals surface area contributed by atoms with E-state index < -0.39 is 29.7 Å². The number of carbonyl (C=O) groups excluding carboxylic acids is 3. The molecule has 1 fully saturated rings. The molecule has 1 saturated heterocycles. The van der Waals surface area contributed by atoms with Gasteiger partial charge in [-0.3, -0.25) is 4.79 Å². The summed E-state index contributed by atoms with van der Waals surface area (Å²) >= 11 is 0. The van der Waals surface area contributed by atoms with Crippen LogP contribution in [0.25, 0.3) is 0 Å². The fourth-order valence-electron chi connectivity index (χ4n) is 2.51.